The van der Waals surface area contributed by atoms with Gasteiger partial charge in [-0.3, -0.25) is 19.3 Å². The number of hydrogen-bond donors (Lipinski definition) is 0. The van der Waals surface area contributed by atoms with Gasteiger partial charge in [-0.2, -0.15) is 0 Å². The van der Waals surface area contributed by atoms with E-state index in [1.807, 2.05) is 6.08 Å². The van der Waals surface area contributed by atoms with Gasteiger partial charge in [-0.15, -0.1) is 0 Å². The first-order valence-electron chi connectivity index (χ1n) is 28.2. The summed E-state index contributed by atoms with van der Waals surface area (Å²) in [6.07, 6.45) is -3.71. The minimum atomic E-state index is -2.09. The normalized spacial score (nSPS) is 18.9. The number of alkyl halides is 2. The fraction of sp³-hybridized carbons (Fsp3) is 0.712. The Kier molecular flexibility index (Phi) is 22.6. The summed E-state index contributed by atoms with van der Waals surface area (Å²) >= 11 is 0. The molecule has 2 saturated carbocycles. The Balaban J connectivity index is 1.30. The molecule has 5 rings (SSSR count). The second kappa shape index (κ2) is 27.9. The van der Waals surface area contributed by atoms with Crippen molar-refractivity contribution in [1.29, 1.82) is 0 Å². The molecule has 0 radical (unpaired) electrons. The summed E-state index contributed by atoms with van der Waals surface area (Å²) in [5.41, 5.74) is -6.37. The predicted octanol–water partition coefficient (Wildman–Crippen LogP) is 6.68. The molecule has 458 valence electrons. The van der Waals surface area contributed by atoms with E-state index in [-0.39, 0.29) is 51.0 Å². The summed E-state index contributed by atoms with van der Waals surface area (Å²) in [6, 6.07) is 5.58. The highest BCUT2D eigenvalue weighted by Gasteiger charge is 2.60. The predicted molar refractivity (Wildman–Crippen MR) is 291 cm³/mol. The molecule has 21 nitrogen and oxygen atoms in total. The van der Waals surface area contributed by atoms with Crippen LogP contribution in [0.25, 0.3) is 0 Å². The van der Waals surface area contributed by atoms with Crippen molar-refractivity contribution < 1.29 is 89.8 Å². The van der Waals surface area contributed by atoms with Gasteiger partial charge >= 0.3 is 35.9 Å². The van der Waals surface area contributed by atoms with Crippen LogP contribution in [0.15, 0.2) is 42.0 Å². The number of amides is 4. The molecule has 2 aliphatic carbocycles. The van der Waals surface area contributed by atoms with Crippen molar-refractivity contribution in [3.63, 3.8) is 0 Å². The van der Waals surface area contributed by atoms with Gasteiger partial charge in [0, 0.05) is 54.2 Å². The van der Waals surface area contributed by atoms with E-state index in [4.69, 9.17) is 37.9 Å². The highest BCUT2D eigenvalue weighted by Crippen LogP contribution is 2.45. The van der Waals surface area contributed by atoms with Gasteiger partial charge in [0.1, 0.15) is 46.7 Å². The summed E-state index contributed by atoms with van der Waals surface area (Å²) in [4.78, 5) is 130. The summed E-state index contributed by atoms with van der Waals surface area (Å²) in [7, 11) is 5.12. The number of ether oxygens (including phenoxy) is 8. The van der Waals surface area contributed by atoms with Gasteiger partial charge < -0.3 is 52.6 Å². The van der Waals surface area contributed by atoms with Crippen molar-refractivity contribution in [2.45, 2.75) is 210 Å². The maximum absolute atomic E-state index is 15.6. The van der Waals surface area contributed by atoms with Gasteiger partial charge in [-0.05, 0) is 138 Å². The van der Waals surface area contributed by atoms with Crippen LogP contribution in [-0.4, -0.2) is 192 Å². The molecule has 82 heavy (non-hydrogen) atoms. The first-order chi connectivity index (χ1) is 38.2. The van der Waals surface area contributed by atoms with Crippen molar-refractivity contribution in [3.8, 4) is 0 Å². The Morgan fingerprint density at radius 1 is 0.634 bits per heavy atom. The molecule has 6 atom stereocenters. The third-order valence-corrected chi connectivity index (χ3v) is 15.2. The molecule has 2 aliphatic heterocycles. The van der Waals surface area contributed by atoms with Crippen LogP contribution in [0.2, 0.25) is 0 Å². The summed E-state index contributed by atoms with van der Waals surface area (Å²) in [6.45, 7) is 13.8. The van der Waals surface area contributed by atoms with Crippen molar-refractivity contribution in [1.82, 2.24) is 19.6 Å². The zero-order valence-corrected chi connectivity index (χ0v) is 50.0. The standard InChI is InChI=1S/C59H86F2N4O17/c1-37(46(66)62(10)42(34-56(6,7)60)49(69)80-44(20-19-39-21-29-75-30-22-39)51(71)77-36-41-17-15-14-16-18-41)78-52(72)58(25-26-58)64(12)48(68)45(33-40-23-31-76-32-24-40)81-50(70)43(35-57(8,9)61)63(11)47(67)38(2)79-53(73)59(27-28-59)65(13)54(74)82-55(3,4)5/h14-18,21,37-38,40,42-45H,19-20,22-36H2,1-13H3/t37-,38-,42+,43+,44-,45-/m1/s1. The number of carbonyl (C=O) groups excluding carboxylic acids is 9. The van der Waals surface area contributed by atoms with Gasteiger partial charge in [0.2, 0.25) is 0 Å². The highest BCUT2D eigenvalue weighted by molar-refractivity contribution is 5.96. The second-order valence-electron chi connectivity index (χ2n) is 24.3. The Bertz CT molecular complexity index is 2470. The van der Waals surface area contributed by atoms with Crippen molar-refractivity contribution in [2.24, 2.45) is 5.92 Å². The van der Waals surface area contributed by atoms with Crippen LogP contribution in [0, 0.1) is 5.92 Å². The van der Waals surface area contributed by atoms with Crippen molar-refractivity contribution in [3.05, 3.63) is 47.5 Å². The van der Waals surface area contributed by atoms with E-state index in [1.54, 1.807) is 51.1 Å². The molecular formula is C59H86F2N4O17. The average molecular weight is 1160 g/mol. The molecule has 1 aromatic carbocycles. The number of likely N-dealkylation sites (N-methyl/N-ethyl adjacent to an activating group) is 4. The number of nitrogens with zero attached hydrogens (tertiary/aromatic N) is 4. The lowest BCUT2D eigenvalue weighted by Gasteiger charge is -2.35. The Labute approximate surface area is 480 Å². The Morgan fingerprint density at radius 2 is 1.12 bits per heavy atom. The number of hydrogen-bond acceptors (Lipinski definition) is 17. The quantitative estimate of drug-likeness (QED) is 0.0507. The fourth-order valence-corrected chi connectivity index (χ4v) is 9.80. The molecule has 1 aromatic rings. The van der Waals surface area contributed by atoms with E-state index >= 15 is 8.78 Å². The van der Waals surface area contributed by atoms with Crippen molar-refractivity contribution in [2.75, 3.05) is 54.6 Å². The molecule has 0 unspecified atom stereocenters. The topological polar surface area (TPSA) is 240 Å². The number of benzene rings is 1. The summed E-state index contributed by atoms with van der Waals surface area (Å²) in [5.74, 6) is -7.88. The van der Waals surface area contributed by atoms with Gasteiger partial charge in [0.15, 0.2) is 24.4 Å². The SMILES string of the molecule is C[C@@H](OC(=O)C1(N(C)C(=O)OC(C)(C)C)CC1)C(=O)N(C)[C@@H](CC(C)(C)F)C(=O)O[C@H](CC1CCOCC1)C(=O)N(C)C1(C(=O)O[C@H](C)C(=O)N(C)[C@@H](CC(C)(C)F)C(=O)O[C@H](CCC2=CCOCC2)C(=O)OCc2ccccc2)CC1. The lowest BCUT2D eigenvalue weighted by atomic mass is 9.92. The summed E-state index contributed by atoms with van der Waals surface area (Å²) in [5, 5.41) is 0. The smallest absolute Gasteiger partial charge is 0.410 e. The maximum Gasteiger partial charge on any atom is 0.410 e. The minimum Gasteiger partial charge on any atom is -0.458 e. The monoisotopic (exact) mass is 1160 g/mol. The molecule has 0 bridgehead atoms. The molecule has 4 aliphatic rings. The molecule has 0 spiro atoms. The number of halogens is 2. The van der Waals surface area contributed by atoms with Crippen LogP contribution in [0.1, 0.15) is 145 Å². The first-order valence-corrected chi connectivity index (χ1v) is 28.2. The Morgan fingerprint density at radius 3 is 1.57 bits per heavy atom. The van der Waals surface area contributed by atoms with E-state index < -0.39 is 131 Å². The zero-order valence-electron chi connectivity index (χ0n) is 50.0. The van der Waals surface area contributed by atoms with Crippen LogP contribution >= 0.6 is 0 Å². The van der Waals surface area contributed by atoms with Crippen molar-refractivity contribution >= 4 is 53.7 Å². The van der Waals surface area contributed by atoms with Gasteiger partial charge in [-0.25, -0.2) is 37.5 Å². The second-order valence-corrected chi connectivity index (χ2v) is 24.3. The largest absolute Gasteiger partial charge is 0.458 e. The molecular weight excluding hydrogens is 1070 g/mol. The van der Waals surface area contributed by atoms with Gasteiger partial charge in [0.05, 0.1) is 13.2 Å². The molecule has 1 saturated heterocycles. The fourth-order valence-electron chi connectivity index (χ4n) is 9.80. The van der Waals surface area contributed by atoms with Crippen LogP contribution < -0.4 is 0 Å². The number of esters is 5. The lowest BCUT2D eigenvalue weighted by Crippen LogP contribution is -2.55. The lowest BCUT2D eigenvalue weighted by molar-refractivity contribution is -0.177. The van der Waals surface area contributed by atoms with Crippen LogP contribution in [0.4, 0.5) is 13.6 Å². The highest BCUT2D eigenvalue weighted by atomic mass is 19.1. The van der Waals surface area contributed by atoms with E-state index in [0.29, 0.717) is 57.7 Å². The Hall–Kier alpha value is -6.23. The van der Waals surface area contributed by atoms with Crippen LogP contribution in [-0.2, 0) is 82.9 Å². The van der Waals surface area contributed by atoms with Crippen LogP contribution in [0.3, 0.4) is 0 Å². The third-order valence-electron chi connectivity index (χ3n) is 15.2. The zero-order chi connectivity index (χ0) is 61.1. The van der Waals surface area contributed by atoms with Crippen LogP contribution in [0.5, 0.6) is 0 Å². The van der Waals surface area contributed by atoms with Gasteiger partial charge in [0.25, 0.3) is 17.7 Å². The third kappa shape index (κ3) is 18.6. The maximum atomic E-state index is 15.6. The number of rotatable bonds is 27. The molecule has 2 heterocycles. The number of carbonyl (C=O) groups is 9. The van der Waals surface area contributed by atoms with Gasteiger partial charge in [-0.1, -0.05) is 42.0 Å². The van der Waals surface area contributed by atoms with E-state index in [1.165, 1.54) is 69.7 Å². The van der Waals surface area contributed by atoms with E-state index in [0.717, 1.165) is 25.2 Å². The molecule has 0 N–H and O–H groups in total. The first kappa shape index (κ1) is 66.6. The molecule has 0 aromatic heterocycles. The molecule has 3 fully saturated rings. The van der Waals surface area contributed by atoms with E-state index in [9.17, 15) is 43.2 Å². The summed E-state index contributed by atoms with van der Waals surface area (Å²) < 4.78 is 76.2. The average Bonchev–Trinajstić information content (AvgIpc) is 4.56. The molecule has 4 amide bonds. The van der Waals surface area contributed by atoms with E-state index in [2.05, 4.69) is 0 Å². The molecule has 23 heteroatoms. The minimum absolute atomic E-state index is 0.0246.